The van der Waals surface area contributed by atoms with E-state index in [-0.39, 0.29) is 0 Å². The molecule has 1 heterocycles. The van der Waals surface area contributed by atoms with Crippen molar-refractivity contribution in [3.05, 3.63) is 0 Å². The minimum absolute atomic E-state index is 0.406. The molecule has 0 aromatic rings. The molecule has 1 saturated carbocycles. The summed E-state index contributed by atoms with van der Waals surface area (Å²) < 4.78 is 0. The summed E-state index contributed by atoms with van der Waals surface area (Å²) in [6.07, 6.45) is 9.35. The van der Waals surface area contributed by atoms with Crippen molar-refractivity contribution < 1.29 is 0 Å². The van der Waals surface area contributed by atoms with Gasteiger partial charge in [-0.3, -0.25) is 4.90 Å². The summed E-state index contributed by atoms with van der Waals surface area (Å²) in [6, 6.07) is 1.78. The Balaban J connectivity index is 2.07. The molecular weight excluding hydrogens is 208 g/mol. The third-order valence-electron chi connectivity index (χ3n) is 4.94. The number of likely N-dealkylation sites (tertiary alicyclic amines) is 1. The molecule has 0 amide bonds. The van der Waals surface area contributed by atoms with E-state index in [1.54, 1.807) is 0 Å². The Morgan fingerprint density at radius 3 is 2.65 bits per heavy atom. The van der Waals surface area contributed by atoms with Crippen LogP contribution in [-0.4, -0.2) is 29.6 Å². The second-order valence-electron chi connectivity index (χ2n) is 7.07. The summed E-state index contributed by atoms with van der Waals surface area (Å²) in [5, 5.41) is 0. The van der Waals surface area contributed by atoms with Crippen molar-refractivity contribution in [2.75, 3.05) is 6.54 Å². The molecule has 3 atom stereocenters. The van der Waals surface area contributed by atoms with Gasteiger partial charge >= 0.3 is 0 Å². The van der Waals surface area contributed by atoms with Gasteiger partial charge in [-0.15, -0.1) is 0 Å². The van der Waals surface area contributed by atoms with Gasteiger partial charge in [0.2, 0.25) is 0 Å². The summed E-state index contributed by atoms with van der Waals surface area (Å²) >= 11 is 0. The molecule has 1 saturated heterocycles. The highest BCUT2D eigenvalue weighted by atomic mass is 15.2. The van der Waals surface area contributed by atoms with Gasteiger partial charge in [-0.1, -0.05) is 26.7 Å². The van der Waals surface area contributed by atoms with E-state index in [1.165, 1.54) is 51.5 Å². The maximum Gasteiger partial charge on any atom is 0.0255 e. The molecule has 1 aliphatic heterocycles. The highest BCUT2D eigenvalue weighted by Crippen LogP contribution is 2.38. The molecule has 2 fully saturated rings. The summed E-state index contributed by atoms with van der Waals surface area (Å²) in [5.41, 5.74) is 6.90. The first-order chi connectivity index (χ1) is 7.99. The molecular formula is C15H30N2. The predicted molar refractivity (Wildman–Crippen MR) is 74.0 cm³/mol. The Labute approximate surface area is 107 Å². The topological polar surface area (TPSA) is 29.3 Å². The van der Waals surface area contributed by atoms with Gasteiger partial charge in [-0.25, -0.2) is 0 Å². The lowest BCUT2D eigenvalue weighted by molar-refractivity contribution is 0.0534. The predicted octanol–water partition coefficient (Wildman–Crippen LogP) is 3.16. The molecule has 2 aliphatic rings. The molecule has 100 valence electrons. The van der Waals surface area contributed by atoms with Crippen LogP contribution in [0, 0.1) is 5.41 Å². The van der Waals surface area contributed by atoms with Crippen LogP contribution >= 0.6 is 0 Å². The SMILES string of the molecule is CC1CCCCCN1C1CC(C)(C)CCC1N. The average molecular weight is 238 g/mol. The molecule has 2 rings (SSSR count). The van der Waals surface area contributed by atoms with Gasteiger partial charge in [0, 0.05) is 18.1 Å². The van der Waals surface area contributed by atoms with Crippen LogP contribution in [0.1, 0.15) is 65.7 Å². The zero-order valence-corrected chi connectivity index (χ0v) is 11.9. The van der Waals surface area contributed by atoms with E-state index in [9.17, 15) is 0 Å². The zero-order chi connectivity index (χ0) is 12.5. The van der Waals surface area contributed by atoms with Gasteiger partial charge in [0.25, 0.3) is 0 Å². The van der Waals surface area contributed by atoms with Gasteiger partial charge in [0.05, 0.1) is 0 Å². The van der Waals surface area contributed by atoms with E-state index >= 15 is 0 Å². The largest absolute Gasteiger partial charge is 0.326 e. The van der Waals surface area contributed by atoms with Crippen LogP contribution in [0.4, 0.5) is 0 Å². The highest BCUT2D eigenvalue weighted by molar-refractivity contribution is 4.94. The fourth-order valence-corrected chi connectivity index (χ4v) is 3.72. The van der Waals surface area contributed by atoms with Gasteiger partial charge in [0.1, 0.15) is 0 Å². The third kappa shape index (κ3) is 3.23. The summed E-state index contributed by atoms with van der Waals surface area (Å²) in [6.45, 7) is 8.50. The maximum atomic E-state index is 6.40. The average Bonchev–Trinajstić information content (AvgIpc) is 2.47. The van der Waals surface area contributed by atoms with E-state index in [1.807, 2.05) is 0 Å². The standard InChI is InChI=1S/C15H30N2/c1-12-7-5-4-6-10-17(12)14-11-15(2,3)9-8-13(14)16/h12-14H,4-11,16H2,1-3H3. The lowest BCUT2D eigenvalue weighted by atomic mass is 9.72. The monoisotopic (exact) mass is 238 g/mol. The molecule has 1 aliphatic carbocycles. The number of rotatable bonds is 1. The Morgan fingerprint density at radius 2 is 1.88 bits per heavy atom. The molecule has 2 N–H and O–H groups in total. The van der Waals surface area contributed by atoms with Crippen LogP contribution in [0.2, 0.25) is 0 Å². The Hall–Kier alpha value is -0.0800. The van der Waals surface area contributed by atoms with Gasteiger partial charge in [-0.2, -0.15) is 0 Å². The molecule has 0 radical (unpaired) electrons. The van der Waals surface area contributed by atoms with Crippen LogP contribution < -0.4 is 5.73 Å². The molecule has 2 nitrogen and oxygen atoms in total. The number of hydrogen-bond acceptors (Lipinski definition) is 2. The first-order valence-corrected chi connectivity index (χ1v) is 7.51. The Bertz CT molecular complexity index is 249. The van der Waals surface area contributed by atoms with Gasteiger partial charge in [0.15, 0.2) is 0 Å². The molecule has 0 spiro atoms. The molecule has 0 aromatic heterocycles. The van der Waals surface area contributed by atoms with E-state index in [0.29, 0.717) is 17.5 Å². The van der Waals surface area contributed by atoms with Crippen LogP contribution in [0.3, 0.4) is 0 Å². The van der Waals surface area contributed by atoms with Crippen molar-refractivity contribution in [1.29, 1.82) is 0 Å². The summed E-state index contributed by atoms with van der Waals surface area (Å²) in [7, 11) is 0. The van der Waals surface area contributed by atoms with E-state index in [2.05, 4.69) is 25.7 Å². The van der Waals surface area contributed by atoms with Crippen LogP contribution in [0.25, 0.3) is 0 Å². The minimum atomic E-state index is 0.406. The van der Waals surface area contributed by atoms with Crippen molar-refractivity contribution >= 4 is 0 Å². The smallest absolute Gasteiger partial charge is 0.0255 e. The van der Waals surface area contributed by atoms with E-state index in [4.69, 9.17) is 5.73 Å². The maximum absolute atomic E-state index is 6.40. The Kier molecular flexibility index (Phi) is 4.14. The van der Waals surface area contributed by atoms with Crippen molar-refractivity contribution in [3.63, 3.8) is 0 Å². The highest BCUT2D eigenvalue weighted by Gasteiger charge is 2.37. The summed E-state index contributed by atoms with van der Waals surface area (Å²) in [5.74, 6) is 0. The molecule has 0 bridgehead atoms. The summed E-state index contributed by atoms with van der Waals surface area (Å²) in [4.78, 5) is 2.73. The van der Waals surface area contributed by atoms with Gasteiger partial charge in [-0.05, 0) is 51.0 Å². The first kappa shape index (κ1) is 13.4. The van der Waals surface area contributed by atoms with Crippen LogP contribution in [0.5, 0.6) is 0 Å². The van der Waals surface area contributed by atoms with Crippen molar-refractivity contribution in [3.8, 4) is 0 Å². The third-order valence-corrected chi connectivity index (χ3v) is 4.94. The quantitative estimate of drug-likeness (QED) is 0.760. The minimum Gasteiger partial charge on any atom is -0.326 e. The van der Waals surface area contributed by atoms with Crippen molar-refractivity contribution in [1.82, 2.24) is 4.90 Å². The van der Waals surface area contributed by atoms with Gasteiger partial charge < -0.3 is 5.73 Å². The zero-order valence-electron chi connectivity index (χ0n) is 11.9. The van der Waals surface area contributed by atoms with E-state index < -0.39 is 0 Å². The lowest BCUT2D eigenvalue weighted by Crippen LogP contribution is -2.55. The molecule has 2 heteroatoms. The molecule has 3 unspecified atom stereocenters. The van der Waals surface area contributed by atoms with Crippen LogP contribution in [-0.2, 0) is 0 Å². The second-order valence-corrected chi connectivity index (χ2v) is 7.07. The van der Waals surface area contributed by atoms with Crippen molar-refractivity contribution in [2.45, 2.75) is 83.8 Å². The first-order valence-electron chi connectivity index (χ1n) is 7.51. The molecule has 17 heavy (non-hydrogen) atoms. The molecule has 0 aromatic carbocycles. The van der Waals surface area contributed by atoms with E-state index in [0.717, 1.165) is 6.04 Å². The van der Waals surface area contributed by atoms with Crippen LogP contribution in [0.15, 0.2) is 0 Å². The van der Waals surface area contributed by atoms with Crippen molar-refractivity contribution in [2.24, 2.45) is 11.1 Å². The second kappa shape index (κ2) is 5.27. The fraction of sp³-hybridized carbons (Fsp3) is 1.00. The number of hydrogen-bond donors (Lipinski definition) is 1. The number of nitrogens with zero attached hydrogens (tertiary/aromatic N) is 1. The number of nitrogens with two attached hydrogens (primary N) is 1. The lowest BCUT2D eigenvalue weighted by Gasteiger charge is -2.46. The Morgan fingerprint density at radius 1 is 1.12 bits per heavy atom. The normalized spacial score (nSPS) is 39.9. The fourth-order valence-electron chi connectivity index (χ4n) is 3.72.